The zero-order valence-electron chi connectivity index (χ0n) is 7.31. The molecule has 0 heterocycles. The molecule has 62 valence electrons. The summed E-state index contributed by atoms with van der Waals surface area (Å²) in [5.74, 6) is 0. The fourth-order valence-corrected chi connectivity index (χ4v) is 1.20. The van der Waals surface area contributed by atoms with Gasteiger partial charge < -0.3 is 10.2 Å². The molecule has 0 fully saturated rings. The first-order chi connectivity index (χ1) is 4.27. The summed E-state index contributed by atoms with van der Waals surface area (Å²) in [6, 6.07) is 0. The third-order valence-corrected chi connectivity index (χ3v) is 1.25. The van der Waals surface area contributed by atoms with E-state index in [1.165, 1.54) is 0 Å². The van der Waals surface area contributed by atoms with Gasteiger partial charge in [0.2, 0.25) is 0 Å². The van der Waals surface area contributed by atoms with Crippen LogP contribution in [0.5, 0.6) is 0 Å². The lowest BCUT2D eigenvalue weighted by molar-refractivity contribution is -0.0280. The smallest absolute Gasteiger partial charge is 0.0854 e. The Morgan fingerprint density at radius 3 is 1.60 bits per heavy atom. The third-order valence-electron chi connectivity index (χ3n) is 1.25. The van der Waals surface area contributed by atoms with Gasteiger partial charge in [-0.05, 0) is 18.8 Å². The highest BCUT2D eigenvalue weighted by molar-refractivity contribution is 4.78. The summed E-state index contributed by atoms with van der Waals surface area (Å²) in [6.07, 6.45) is 0.622. The quantitative estimate of drug-likeness (QED) is 0.614. The van der Waals surface area contributed by atoms with Crippen molar-refractivity contribution in [3.63, 3.8) is 0 Å². The van der Waals surface area contributed by atoms with Gasteiger partial charge in [0.1, 0.15) is 0 Å². The van der Waals surface area contributed by atoms with Crippen LogP contribution in [0.15, 0.2) is 0 Å². The van der Waals surface area contributed by atoms with Crippen molar-refractivity contribution in [2.75, 3.05) is 6.61 Å². The second-order valence-electron chi connectivity index (χ2n) is 4.39. The molecule has 2 nitrogen and oxygen atoms in total. The minimum absolute atomic E-state index is 0.0756. The monoisotopic (exact) mass is 146 g/mol. The summed E-state index contributed by atoms with van der Waals surface area (Å²) >= 11 is 0. The van der Waals surface area contributed by atoms with Crippen LogP contribution in [0, 0.1) is 5.41 Å². The second-order valence-corrected chi connectivity index (χ2v) is 4.39. The normalized spacial score (nSPS) is 18.6. The molecule has 0 aromatic heterocycles. The molecular weight excluding hydrogens is 128 g/mol. The molecule has 0 aliphatic rings. The van der Waals surface area contributed by atoms with Crippen LogP contribution in [0.2, 0.25) is 0 Å². The van der Waals surface area contributed by atoms with Gasteiger partial charge in [-0.1, -0.05) is 20.8 Å². The van der Waals surface area contributed by atoms with Crippen molar-refractivity contribution in [1.82, 2.24) is 0 Å². The average Bonchev–Trinajstić information content (AvgIpc) is 1.60. The highest BCUT2D eigenvalue weighted by atomic mass is 16.3. The zero-order chi connectivity index (χ0) is 8.41. The number of aliphatic hydroxyl groups excluding tert-OH is 1. The Morgan fingerprint density at radius 2 is 1.50 bits per heavy atom. The molecule has 0 spiro atoms. The summed E-state index contributed by atoms with van der Waals surface area (Å²) in [7, 11) is 0. The minimum atomic E-state index is -0.918. The maximum absolute atomic E-state index is 9.41. The Balaban J connectivity index is 3.89. The van der Waals surface area contributed by atoms with Crippen molar-refractivity contribution < 1.29 is 10.2 Å². The first-order valence-electron chi connectivity index (χ1n) is 3.60. The van der Waals surface area contributed by atoms with Crippen LogP contribution in [0.1, 0.15) is 34.1 Å². The maximum Gasteiger partial charge on any atom is 0.0854 e. The lowest BCUT2D eigenvalue weighted by atomic mass is 9.83. The molecule has 0 bridgehead atoms. The van der Waals surface area contributed by atoms with Crippen LogP contribution in [0.4, 0.5) is 0 Å². The van der Waals surface area contributed by atoms with Crippen LogP contribution in [0.3, 0.4) is 0 Å². The molecule has 0 radical (unpaired) electrons. The Morgan fingerprint density at radius 1 is 1.10 bits per heavy atom. The predicted octanol–water partition coefficient (Wildman–Crippen LogP) is 1.17. The van der Waals surface area contributed by atoms with Gasteiger partial charge in [0, 0.05) is 0 Å². The fourth-order valence-electron chi connectivity index (χ4n) is 1.20. The highest BCUT2D eigenvalue weighted by Crippen LogP contribution is 2.26. The summed E-state index contributed by atoms with van der Waals surface area (Å²) in [5.41, 5.74) is -0.843. The third kappa shape index (κ3) is 4.77. The largest absolute Gasteiger partial charge is 0.393 e. The van der Waals surface area contributed by atoms with E-state index in [-0.39, 0.29) is 12.0 Å². The van der Waals surface area contributed by atoms with E-state index in [0.29, 0.717) is 6.42 Å². The Bertz CT molecular complexity index is 100. The predicted molar refractivity (Wildman–Crippen MR) is 41.8 cm³/mol. The van der Waals surface area contributed by atoms with Gasteiger partial charge in [-0.25, -0.2) is 0 Å². The standard InChI is InChI=1S/C8H18O2/c1-7(2,3)5-8(4,10)6-9/h9-10H,5-6H2,1-4H3. The first-order valence-corrected chi connectivity index (χ1v) is 3.60. The minimum Gasteiger partial charge on any atom is -0.393 e. The molecule has 0 aromatic rings. The first kappa shape index (κ1) is 9.92. The van der Waals surface area contributed by atoms with E-state index in [4.69, 9.17) is 5.11 Å². The lowest BCUT2D eigenvalue weighted by Crippen LogP contribution is -2.33. The van der Waals surface area contributed by atoms with Crippen LogP contribution >= 0.6 is 0 Å². The van der Waals surface area contributed by atoms with E-state index in [2.05, 4.69) is 0 Å². The van der Waals surface area contributed by atoms with Crippen molar-refractivity contribution in [3.8, 4) is 0 Å². The number of hydrogen-bond donors (Lipinski definition) is 2. The number of hydrogen-bond acceptors (Lipinski definition) is 2. The average molecular weight is 146 g/mol. The number of aliphatic hydroxyl groups is 2. The van der Waals surface area contributed by atoms with Gasteiger partial charge in [0.05, 0.1) is 12.2 Å². The lowest BCUT2D eigenvalue weighted by Gasteiger charge is -2.29. The summed E-state index contributed by atoms with van der Waals surface area (Å²) in [5, 5.41) is 18.1. The second kappa shape index (κ2) is 2.89. The van der Waals surface area contributed by atoms with E-state index in [1.54, 1.807) is 6.92 Å². The van der Waals surface area contributed by atoms with Crippen LogP contribution in [-0.4, -0.2) is 22.4 Å². The Kier molecular flexibility index (Phi) is 2.86. The van der Waals surface area contributed by atoms with Crippen LogP contribution in [-0.2, 0) is 0 Å². The van der Waals surface area contributed by atoms with Gasteiger partial charge in [-0.15, -0.1) is 0 Å². The Labute approximate surface area is 62.9 Å². The molecule has 0 aliphatic carbocycles. The van der Waals surface area contributed by atoms with E-state index in [1.807, 2.05) is 20.8 Å². The topological polar surface area (TPSA) is 40.5 Å². The van der Waals surface area contributed by atoms with Gasteiger partial charge in [0.15, 0.2) is 0 Å². The summed E-state index contributed by atoms with van der Waals surface area (Å²) < 4.78 is 0. The van der Waals surface area contributed by atoms with Gasteiger partial charge in [-0.2, -0.15) is 0 Å². The van der Waals surface area contributed by atoms with Crippen molar-refractivity contribution in [2.24, 2.45) is 5.41 Å². The molecule has 2 N–H and O–H groups in total. The van der Waals surface area contributed by atoms with Crippen molar-refractivity contribution in [3.05, 3.63) is 0 Å². The molecule has 2 heteroatoms. The van der Waals surface area contributed by atoms with Gasteiger partial charge in [0.25, 0.3) is 0 Å². The van der Waals surface area contributed by atoms with Crippen molar-refractivity contribution in [1.29, 1.82) is 0 Å². The zero-order valence-corrected chi connectivity index (χ0v) is 7.31. The highest BCUT2D eigenvalue weighted by Gasteiger charge is 2.26. The maximum atomic E-state index is 9.41. The van der Waals surface area contributed by atoms with Crippen LogP contribution in [0.25, 0.3) is 0 Å². The van der Waals surface area contributed by atoms with Gasteiger partial charge in [-0.3, -0.25) is 0 Å². The van der Waals surface area contributed by atoms with Crippen molar-refractivity contribution in [2.45, 2.75) is 39.7 Å². The molecule has 10 heavy (non-hydrogen) atoms. The molecule has 0 aliphatic heterocycles. The molecule has 1 unspecified atom stereocenters. The molecule has 0 amide bonds. The van der Waals surface area contributed by atoms with E-state index in [9.17, 15) is 5.11 Å². The molecular formula is C8H18O2. The fraction of sp³-hybridized carbons (Fsp3) is 1.00. The molecule has 1 atom stereocenters. The molecule has 0 rings (SSSR count). The van der Waals surface area contributed by atoms with Gasteiger partial charge >= 0.3 is 0 Å². The van der Waals surface area contributed by atoms with Crippen molar-refractivity contribution >= 4 is 0 Å². The Hall–Kier alpha value is -0.0800. The molecule has 0 saturated carbocycles. The number of rotatable bonds is 2. The van der Waals surface area contributed by atoms with Crippen LogP contribution < -0.4 is 0 Å². The summed E-state index contributed by atoms with van der Waals surface area (Å²) in [6.45, 7) is 7.61. The van der Waals surface area contributed by atoms with E-state index in [0.717, 1.165) is 0 Å². The SMILES string of the molecule is CC(C)(C)CC(C)(O)CO. The summed E-state index contributed by atoms with van der Waals surface area (Å²) in [4.78, 5) is 0. The molecule has 0 saturated heterocycles. The van der Waals surface area contributed by atoms with E-state index < -0.39 is 5.60 Å². The van der Waals surface area contributed by atoms with E-state index >= 15 is 0 Å². The molecule has 0 aromatic carbocycles.